The van der Waals surface area contributed by atoms with Gasteiger partial charge in [-0.3, -0.25) is 19.2 Å². The lowest BCUT2D eigenvalue weighted by molar-refractivity contribution is -0.147. The molecule has 3 aromatic carbocycles. The third-order valence-corrected chi connectivity index (χ3v) is 5.93. The molecular formula is C28H25NO8. The standard InChI is InChI=1S/C28H25NO8/c1-34-21-13-16(14-22(35-2)28(21)36-3)11-12-24(31)37-15-23(30)29-20-10-6-9-19-25(20)27(33)18-8-5-4-7-17(18)26(19)32/h4-10,13-14H,11-12,15H2,1-3H3,(H,29,30). The summed E-state index contributed by atoms with van der Waals surface area (Å²) in [6.07, 6.45) is 0.329. The van der Waals surface area contributed by atoms with Gasteiger partial charge in [-0.05, 0) is 30.2 Å². The first kappa shape index (κ1) is 25.4. The molecule has 3 aromatic rings. The van der Waals surface area contributed by atoms with Crippen molar-refractivity contribution in [3.8, 4) is 17.2 Å². The molecule has 0 radical (unpaired) electrons. The van der Waals surface area contributed by atoms with E-state index in [1.807, 2.05) is 0 Å². The molecule has 190 valence electrons. The second-order valence-electron chi connectivity index (χ2n) is 8.17. The molecule has 0 aliphatic heterocycles. The first-order valence-corrected chi connectivity index (χ1v) is 11.4. The van der Waals surface area contributed by atoms with E-state index >= 15 is 0 Å². The summed E-state index contributed by atoms with van der Waals surface area (Å²) in [5.41, 5.74) is 1.88. The number of carbonyl (C=O) groups is 4. The van der Waals surface area contributed by atoms with Gasteiger partial charge in [0, 0.05) is 23.1 Å². The Labute approximate surface area is 213 Å². The Morgan fingerprint density at radius 1 is 0.784 bits per heavy atom. The van der Waals surface area contributed by atoms with Gasteiger partial charge in [0.05, 0.1) is 32.6 Å². The average molecular weight is 504 g/mol. The summed E-state index contributed by atoms with van der Waals surface area (Å²) in [5.74, 6) is -0.492. The Balaban J connectivity index is 1.38. The lowest BCUT2D eigenvalue weighted by atomic mass is 9.83. The molecule has 0 atom stereocenters. The number of methoxy groups -OCH3 is 3. The van der Waals surface area contributed by atoms with Crippen molar-refractivity contribution in [2.75, 3.05) is 33.3 Å². The average Bonchev–Trinajstić information content (AvgIpc) is 2.92. The maximum atomic E-state index is 13.1. The van der Waals surface area contributed by atoms with Crippen molar-refractivity contribution in [3.05, 3.63) is 82.4 Å². The van der Waals surface area contributed by atoms with E-state index in [-0.39, 0.29) is 40.4 Å². The van der Waals surface area contributed by atoms with E-state index in [1.165, 1.54) is 27.4 Å². The van der Waals surface area contributed by atoms with Gasteiger partial charge in [0.2, 0.25) is 5.75 Å². The van der Waals surface area contributed by atoms with Crippen molar-refractivity contribution in [2.45, 2.75) is 12.8 Å². The largest absolute Gasteiger partial charge is 0.493 e. The molecule has 0 saturated carbocycles. The van der Waals surface area contributed by atoms with Crippen molar-refractivity contribution >= 4 is 29.1 Å². The maximum Gasteiger partial charge on any atom is 0.306 e. The van der Waals surface area contributed by atoms with Crippen LogP contribution in [0.1, 0.15) is 43.8 Å². The number of fused-ring (bicyclic) bond motifs is 2. The highest BCUT2D eigenvalue weighted by atomic mass is 16.5. The molecule has 4 rings (SSSR count). The molecule has 1 N–H and O–H groups in total. The van der Waals surface area contributed by atoms with Gasteiger partial charge in [0.1, 0.15) is 0 Å². The highest BCUT2D eigenvalue weighted by molar-refractivity contribution is 6.30. The summed E-state index contributed by atoms with van der Waals surface area (Å²) < 4.78 is 21.0. The fraction of sp³-hybridized carbons (Fsp3) is 0.214. The van der Waals surface area contributed by atoms with Crippen LogP contribution in [-0.2, 0) is 20.7 Å². The minimum Gasteiger partial charge on any atom is -0.493 e. The van der Waals surface area contributed by atoms with Gasteiger partial charge < -0.3 is 24.3 Å². The molecule has 0 unspecified atom stereocenters. The first-order chi connectivity index (χ1) is 17.9. The van der Waals surface area contributed by atoms with Crippen LogP contribution in [-0.4, -0.2) is 51.4 Å². The highest BCUT2D eigenvalue weighted by Crippen LogP contribution is 2.38. The number of rotatable bonds is 9. The van der Waals surface area contributed by atoms with Crippen LogP contribution in [0.2, 0.25) is 0 Å². The van der Waals surface area contributed by atoms with Crippen molar-refractivity contribution in [1.82, 2.24) is 0 Å². The van der Waals surface area contributed by atoms with Crippen LogP contribution < -0.4 is 19.5 Å². The fourth-order valence-electron chi connectivity index (χ4n) is 4.18. The third kappa shape index (κ3) is 5.16. The molecule has 9 nitrogen and oxygen atoms in total. The van der Waals surface area contributed by atoms with Crippen LogP contribution in [0.5, 0.6) is 17.2 Å². The fourth-order valence-corrected chi connectivity index (χ4v) is 4.18. The van der Waals surface area contributed by atoms with Crippen LogP contribution in [0.25, 0.3) is 0 Å². The van der Waals surface area contributed by atoms with E-state index in [1.54, 1.807) is 48.5 Å². The number of benzene rings is 3. The lowest BCUT2D eigenvalue weighted by Crippen LogP contribution is -2.26. The maximum absolute atomic E-state index is 13.1. The molecule has 37 heavy (non-hydrogen) atoms. The molecule has 0 bridgehead atoms. The number of ether oxygens (including phenoxy) is 4. The summed E-state index contributed by atoms with van der Waals surface area (Å²) in [6.45, 7) is -0.545. The lowest BCUT2D eigenvalue weighted by Gasteiger charge is -2.20. The molecule has 0 spiro atoms. The van der Waals surface area contributed by atoms with E-state index in [0.29, 0.717) is 29.2 Å². The van der Waals surface area contributed by atoms with Gasteiger partial charge in [0.15, 0.2) is 29.7 Å². The monoisotopic (exact) mass is 503 g/mol. The van der Waals surface area contributed by atoms with Crippen LogP contribution in [0, 0.1) is 0 Å². The number of ketones is 2. The first-order valence-electron chi connectivity index (χ1n) is 11.4. The number of aryl methyl sites for hydroxylation is 1. The number of hydrogen-bond acceptors (Lipinski definition) is 8. The predicted octanol–water partition coefficient (Wildman–Crippen LogP) is 3.60. The minimum absolute atomic E-state index is 0.0103. The molecule has 0 fully saturated rings. The predicted molar refractivity (Wildman–Crippen MR) is 134 cm³/mol. The van der Waals surface area contributed by atoms with Gasteiger partial charge in [-0.25, -0.2) is 0 Å². The summed E-state index contributed by atoms with van der Waals surface area (Å²) in [5, 5.41) is 2.59. The number of anilines is 1. The van der Waals surface area contributed by atoms with Crippen LogP contribution in [0.4, 0.5) is 5.69 Å². The molecule has 9 heteroatoms. The third-order valence-electron chi connectivity index (χ3n) is 5.93. The van der Waals surface area contributed by atoms with Crippen LogP contribution in [0.15, 0.2) is 54.6 Å². The van der Waals surface area contributed by atoms with Gasteiger partial charge >= 0.3 is 5.97 Å². The quantitative estimate of drug-likeness (QED) is 0.344. The van der Waals surface area contributed by atoms with Crippen LogP contribution >= 0.6 is 0 Å². The minimum atomic E-state index is -0.631. The summed E-state index contributed by atoms with van der Waals surface area (Å²) in [4.78, 5) is 50.7. The Hall–Kier alpha value is -4.66. The zero-order valence-corrected chi connectivity index (χ0v) is 20.6. The Morgan fingerprint density at radius 3 is 2.03 bits per heavy atom. The van der Waals surface area contributed by atoms with Crippen molar-refractivity contribution in [2.24, 2.45) is 0 Å². The van der Waals surface area contributed by atoms with Crippen molar-refractivity contribution in [3.63, 3.8) is 0 Å². The number of nitrogens with one attached hydrogen (secondary N) is 1. The Bertz CT molecular complexity index is 1370. The second-order valence-corrected chi connectivity index (χ2v) is 8.17. The number of amides is 1. The molecular weight excluding hydrogens is 478 g/mol. The van der Waals surface area contributed by atoms with Gasteiger partial charge in [-0.15, -0.1) is 0 Å². The Morgan fingerprint density at radius 2 is 1.41 bits per heavy atom. The molecule has 1 aliphatic rings. The number of hydrogen-bond donors (Lipinski definition) is 1. The van der Waals surface area contributed by atoms with Gasteiger partial charge in [-0.1, -0.05) is 36.4 Å². The zero-order valence-electron chi connectivity index (χ0n) is 20.6. The van der Waals surface area contributed by atoms with E-state index in [4.69, 9.17) is 18.9 Å². The van der Waals surface area contributed by atoms with Crippen LogP contribution in [0.3, 0.4) is 0 Å². The molecule has 0 heterocycles. The second kappa shape index (κ2) is 10.9. The molecule has 1 aliphatic carbocycles. The van der Waals surface area contributed by atoms with E-state index < -0.39 is 18.5 Å². The summed E-state index contributed by atoms with van der Waals surface area (Å²) >= 11 is 0. The smallest absolute Gasteiger partial charge is 0.306 e. The van der Waals surface area contributed by atoms with E-state index in [2.05, 4.69) is 5.32 Å². The summed E-state index contributed by atoms with van der Waals surface area (Å²) in [7, 11) is 4.50. The summed E-state index contributed by atoms with van der Waals surface area (Å²) in [6, 6.07) is 14.7. The van der Waals surface area contributed by atoms with Gasteiger partial charge in [-0.2, -0.15) is 0 Å². The van der Waals surface area contributed by atoms with E-state index in [9.17, 15) is 19.2 Å². The topological polar surface area (TPSA) is 117 Å². The Kier molecular flexibility index (Phi) is 7.52. The number of esters is 1. The molecule has 0 saturated heterocycles. The number of carbonyl (C=O) groups excluding carboxylic acids is 4. The molecule has 1 amide bonds. The van der Waals surface area contributed by atoms with Crippen molar-refractivity contribution in [1.29, 1.82) is 0 Å². The normalized spacial score (nSPS) is 11.8. The highest BCUT2D eigenvalue weighted by Gasteiger charge is 2.31. The van der Waals surface area contributed by atoms with Crippen molar-refractivity contribution < 1.29 is 38.1 Å². The van der Waals surface area contributed by atoms with E-state index in [0.717, 1.165) is 5.56 Å². The van der Waals surface area contributed by atoms with Gasteiger partial charge in [0.25, 0.3) is 5.91 Å². The SMILES string of the molecule is COc1cc(CCC(=O)OCC(=O)Nc2cccc3c2C(=O)c2ccccc2C3=O)cc(OC)c1OC. The zero-order chi connectivity index (χ0) is 26.5. The molecule has 0 aromatic heterocycles.